The largest absolute Gasteiger partial charge is 0.376 e. The van der Waals surface area contributed by atoms with E-state index >= 15 is 0 Å². The molecule has 0 spiro atoms. The van der Waals surface area contributed by atoms with Gasteiger partial charge in [0.25, 0.3) is 5.91 Å². The molecule has 1 aliphatic heterocycles. The molecule has 1 aliphatic rings. The van der Waals surface area contributed by atoms with Crippen LogP contribution in [0.15, 0.2) is 18.2 Å². The first kappa shape index (κ1) is 14.5. The maximum Gasteiger partial charge on any atom is 0.255 e. The highest BCUT2D eigenvalue weighted by molar-refractivity contribution is 5.95. The molecule has 0 radical (unpaired) electrons. The fraction of sp³-hybridized carbons (Fsp3) is 0.400. The van der Waals surface area contributed by atoms with Gasteiger partial charge in [0.15, 0.2) is 6.10 Å². The molecule has 1 unspecified atom stereocenters. The standard InChI is InChI=1S/C15H18N2O3/c1-11-9-12(3-2-6-16)4-5-13(11)17-15(18)14-10-19-7-8-20-14/h4-5,9,14H,6-8,10,16H2,1H3,(H,17,18). The van der Waals surface area contributed by atoms with Crippen molar-refractivity contribution >= 4 is 11.6 Å². The molecule has 5 heteroatoms. The SMILES string of the molecule is Cc1cc(C#CCN)ccc1NC(=O)C1COCCO1. The average Bonchev–Trinajstić information content (AvgIpc) is 2.48. The van der Waals surface area contributed by atoms with E-state index in [1.54, 1.807) is 0 Å². The summed E-state index contributed by atoms with van der Waals surface area (Å²) in [6.07, 6.45) is -0.542. The van der Waals surface area contributed by atoms with Crippen LogP contribution in [0, 0.1) is 18.8 Å². The molecule has 0 aromatic heterocycles. The van der Waals surface area contributed by atoms with Gasteiger partial charge in [0.2, 0.25) is 0 Å². The van der Waals surface area contributed by atoms with Crippen LogP contribution in [0.2, 0.25) is 0 Å². The number of nitrogens with two attached hydrogens (primary N) is 1. The average molecular weight is 274 g/mol. The summed E-state index contributed by atoms with van der Waals surface area (Å²) in [6, 6.07) is 5.59. The second-order valence-electron chi connectivity index (χ2n) is 4.46. The Labute approximate surface area is 118 Å². The van der Waals surface area contributed by atoms with Crippen molar-refractivity contribution in [2.75, 3.05) is 31.7 Å². The van der Waals surface area contributed by atoms with Gasteiger partial charge in [-0.2, -0.15) is 0 Å². The van der Waals surface area contributed by atoms with Crippen LogP contribution in [0.5, 0.6) is 0 Å². The summed E-state index contributed by atoms with van der Waals surface area (Å²) in [6.45, 7) is 3.53. The van der Waals surface area contributed by atoms with Gasteiger partial charge in [-0.1, -0.05) is 11.8 Å². The number of benzene rings is 1. The van der Waals surface area contributed by atoms with E-state index in [0.717, 1.165) is 16.8 Å². The lowest BCUT2D eigenvalue weighted by Gasteiger charge is -2.22. The number of hydrogen-bond acceptors (Lipinski definition) is 4. The molecule has 5 nitrogen and oxygen atoms in total. The van der Waals surface area contributed by atoms with E-state index in [-0.39, 0.29) is 5.91 Å². The smallest absolute Gasteiger partial charge is 0.255 e. The van der Waals surface area contributed by atoms with E-state index in [1.807, 2.05) is 25.1 Å². The Bertz CT molecular complexity index is 540. The van der Waals surface area contributed by atoms with Crippen LogP contribution in [-0.2, 0) is 14.3 Å². The van der Waals surface area contributed by atoms with Crippen molar-refractivity contribution in [3.63, 3.8) is 0 Å². The van der Waals surface area contributed by atoms with Crippen LogP contribution in [0.4, 0.5) is 5.69 Å². The van der Waals surface area contributed by atoms with Crippen molar-refractivity contribution in [2.24, 2.45) is 5.73 Å². The normalized spacial score (nSPS) is 18.0. The molecule has 1 aromatic carbocycles. The Hall–Kier alpha value is -1.87. The van der Waals surface area contributed by atoms with Crippen molar-refractivity contribution in [2.45, 2.75) is 13.0 Å². The van der Waals surface area contributed by atoms with Crippen molar-refractivity contribution in [3.8, 4) is 11.8 Å². The summed E-state index contributed by atoms with van der Waals surface area (Å²) in [5.74, 6) is 5.57. The third-order valence-corrected chi connectivity index (χ3v) is 2.93. The minimum Gasteiger partial charge on any atom is -0.376 e. The Morgan fingerprint density at radius 2 is 2.35 bits per heavy atom. The van der Waals surface area contributed by atoms with Crippen LogP contribution >= 0.6 is 0 Å². The number of aryl methyl sites for hydroxylation is 1. The summed E-state index contributed by atoms with van der Waals surface area (Å²) >= 11 is 0. The molecule has 106 valence electrons. The van der Waals surface area contributed by atoms with Crippen LogP contribution in [-0.4, -0.2) is 38.4 Å². The van der Waals surface area contributed by atoms with E-state index in [2.05, 4.69) is 17.2 Å². The van der Waals surface area contributed by atoms with Crippen molar-refractivity contribution in [1.29, 1.82) is 0 Å². The molecule has 1 amide bonds. The highest BCUT2D eigenvalue weighted by Gasteiger charge is 2.22. The minimum atomic E-state index is -0.542. The van der Waals surface area contributed by atoms with Gasteiger partial charge in [0, 0.05) is 11.3 Å². The molecule has 1 heterocycles. The summed E-state index contributed by atoms with van der Waals surface area (Å²) < 4.78 is 10.6. The zero-order valence-electron chi connectivity index (χ0n) is 11.4. The molecule has 0 saturated carbocycles. The highest BCUT2D eigenvalue weighted by Crippen LogP contribution is 2.17. The number of carbonyl (C=O) groups is 1. The lowest BCUT2D eigenvalue weighted by atomic mass is 10.1. The molecular formula is C15H18N2O3. The van der Waals surface area contributed by atoms with E-state index in [4.69, 9.17) is 15.2 Å². The van der Waals surface area contributed by atoms with Crippen molar-refractivity contribution in [3.05, 3.63) is 29.3 Å². The predicted octanol–water partition coefficient (Wildman–Crippen LogP) is 0.659. The summed E-state index contributed by atoms with van der Waals surface area (Å²) in [4.78, 5) is 12.0. The predicted molar refractivity (Wildman–Crippen MR) is 76.3 cm³/mol. The Balaban J connectivity index is 2.03. The van der Waals surface area contributed by atoms with E-state index in [9.17, 15) is 4.79 Å². The summed E-state index contributed by atoms with van der Waals surface area (Å²) in [5.41, 5.74) is 7.91. The molecular weight excluding hydrogens is 256 g/mol. The second kappa shape index (κ2) is 7.06. The first-order valence-electron chi connectivity index (χ1n) is 6.50. The number of rotatable bonds is 2. The molecule has 1 fully saturated rings. The van der Waals surface area contributed by atoms with E-state index in [1.165, 1.54) is 0 Å². The number of nitrogens with one attached hydrogen (secondary N) is 1. The van der Waals surface area contributed by atoms with Crippen LogP contribution in [0.25, 0.3) is 0 Å². The molecule has 2 rings (SSSR count). The fourth-order valence-corrected chi connectivity index (χ4v) is 1.89. The monoisotopic (exact) mass is 274 g/mol. The molecule has 0 aliphatic carbocycles. The molecule has 0 bridgehead atoms. The zero-order chi connectivity index (χ0) is 14.4. The number of ether oxygens (including phenoxy) is 2. The van der Waals surface area contributed by atoms with Gasteiger partial charge in [-0.15, -0.1) is 0 Å². The first-order valence-corrected chi connectivity index (χ1v) is 6.50. The van der Waals surface area contributed by atoms with E-state index < -0.39 is 6.10 Å². The van der Waals surface area contributed by atoms with Crippen LogP contribution in [0.1, 0.15) is 11.1 Å². The zero-order valence-corrected chi connectivity index (χ0v) is 11.4. The third-order valence-electron chi connectivity index (χ3n) is 2.93. The second-order valence-corrected chi connectivity index (χ2v) is 4.46. The molecule has 20 heavy (non-hydrogen) atoms. The Morgan fingerprint density at radius 3 is 3.00 bits per heavy atom. The quantitative estimate of drug-likeness (QED) is 0.777. The van der Waals surface area contributed by atoms with E-state index in [0.29, 0.717) is 26.4 Å². The number of carbonyl (C=O) groups excluding carboxylic acids is 1. The molecule has 1 saturated heterocycles. The number of anilines is 1. The van der Waals surface area contributed by atoms with Crippen LogP contribution in [0.3, 0.4) is 0 Å². The van der Waals surface area contributed by atoms with Crippen molar-refractivity contribution < 1.29 is 14.3 Å². The van der Waals surface area contributed by atoms with Crippen LogP contribution < -0.4 is 11.1 Å². The van der Waals surface area contributed by atoms with Gasteiger partial charge < -0.3 is 20.5 Å². The summed E-state index contributed by atoms with van der Waals surface area (Å²) in [7, 11) is 0. The van der Waals surface area contributed by atoms with Gasteiger partial charge >= 0.3 is 0 Å². The number of amides is 1. The molecule has 1 aromatic rings. The van der Waals surface area contributed by atoms with Gasteiger partial charge in [-0.25, -0.2) is 0 Å². The van der Waals surface area contributed by atoms with Gasteiger partial charge in [-0.3, -0.25) is 4.79 Å². The molecule has 1 atom stereocenters. The Morgan fingerprint density at radius 1 is 1.50 bits per heavy atom. The third kappa shape index (κ3) is 3.81. The maximum atomic E-state index is 12.0. The van der Waals surface area contributed by atoms with Gasteiger partial charge in [-0.05, 0) is 30.7 Å². The number of hydrogen-bond donors (Lipinski definition) is 2. The van der Waals surface area contributed by atoms with Gasteiger partial charge in [0.05, 0.1) is 26.4 Å². The Kier molecular flexibility index (Phi) is 5.13. The fourth-order valence-electron chi connectivity index (χ4n) is 1.89. The van der Waals surface area contributed by atoms with Crippen molar-refractivity contribution in [1.82, 2.24) is 0 Å². The topological polar surface area (TPSA) is 73.6 Å². The maximum absolute atomic E-state index is 12.0. The first-order chi connectivity index (χ1) is 9.70. The lowest BCUT2D eigenvalue weighted by Crippen LogP contribution is -2.39. The van der Waals surface area contributed by atoms with Gasteiger partial charge in [0.1, 0.15) is 0 Å². The molecule has 3 N–H and O–H groups in total. The highest BCUT2D eigenvalue weighted by atomic mass is 16.6. The lowest BCUT2D eigenvalue weighted by molar-refractivity contribution is -0.142. The minimum absolute atomic E-state index is 0.186. The summed E-state index contributed by atoms with van der Waals surface area (Å²) in [5, 5.41) is 2.85.